The maximum atomic E-state index is 12.0. The van der Waals surface area contributed by atoms with Gasteiger partial charge < -0.3 is 9.84 Å². The van der Waals surface area contributed by atoms with Crippen LogP contribution in [0.3, 0.4) is 0 Å². The minimum Gasteiger partial charge on any atom is -0.480 e. The number of nitrogens with zero attached hydrogens (tertiary/aromatic N) is 1. The Morgan fingerprint density at radius 1 is 1.37 bits per heavy atom. The van der Waals surface area contributed by atoms with Crippen LogP contribution in [0.15, 0.2) is 42.0 Å². The van der Waals surface area contributed by atoms with E-state index in [1.165, 1.54) is 11.3 Å². The molecular formula is C20H20ClNO4S. The van der Waals surface area contributed by atoms with Gasteiger partial charge in [0.1, 0.15) is 6.04 Å². The number of esters is 1. The maximum Gasteiger partial charge on any atom is 0.339 e. The minimum absolute atomic E-state index is 0.368. The Morgan fingerprint density at radius 3 is 2.78 bits per heavy atom. The van der Waals surface area contributed by atoms with E-state index in [0.29, 0.717) is 40.7 Å². The zero-order valence-electron chi connectivity index (χ0n) is 15.1. The van der Waals surface area contributed by atoms with E-state index in [4.69, 9.17) is 16.3 Å². The standard InChI is InChI=1S/C20H20ClNO4S/c1-3-12(2)20(25)26-17-10-13-11-22(9-8-16(13)27-17)18(19(23)24)14-6-4-5-7-15(14)21/h3-7,10,18H,8-9,11H2,1-2H3,(H,23,24)/b12-3-. The summed E-state index contributed by atoms with van der Waals surface area (Å²) in [5.74, 6) is -1.30. The van der Waals surface area contributed by atoms with Crippen molar-refractivity contribution in [2.75, 3.05) is 6.54 Å². The Balaban J connectivity index is 1.82. The first kappa shape index (κ1) is 19.6. The number of ether oxygens (including phenoxy) is 1. The highest BCUT2D eigenvalue weighted by atomic mass is 35.5. The van der Waals surface area contributed by atoms with Gasteiger partial charge in [0.15, 0.2) is 5.06 Å². The molecule has 1 aromatic carbocycles. The lowest BCUT2D eigenvalue weighted by molar-refractivity contribution is -0.144. The highest BCUT2D eigenvalue weighted by molar-refractivity contribution is 7.14. The van der Waals surface area contributed by atoms with Crippen LogP contribution in [0, 0.1) is 0 Å². The predicted molar refractivity (Wildman–Crippen MR) is 105 cm³/mol. The fraction of sp³-hybridized carbons (Fsp3) is 0.300. The van der Waals surface area contributed by atoms with E-state index in [2.05, 4.69) is 0 Å². The average Bonchev–Trinajstić information content (AvgIpc) is 3.04. The molecule has 5 nitrogen and oxygen atoms in total. The summed E-state index contributed by atoms with van der Waals surface area (Å²) in [6.45, 7) is 4.55. The Morgan fingerprint density at radius 2 is 2.11 bits per heavy atom. The fourth-order valence-electron chi connectivity index (χ4n) is 3.07. The molecule has 7 heteroatoms. The highest BCUT2D eigenvalue weighted by Crippen LogP contribution is 2.37. The van der Waals surface area contributed by atoms with Crippen LogP contribution in [0.4, 0.5) is 0 Å². The van der Waals surface area contributed by atoms with Gasteiger partial charge in [-0.3, -0.25) is 9.69 Å². The average molecular weight is 406 g/mol. The summed E-state index contributed by atoms with van der Waals surface area (Å²) in [5.41, 5.74) is 2.12. The molecule has 0 spiro atoms. The van der Waals surface area contributed by atoms with Crippen molar-refractivity contribution in [3.05, 3.63) is 63.0 Å². The van der Waals surface area contributed by atoms with Crippen LogP contribution in [0.25, 0.3) is 0 Å². The van der Waals surface area contributed by atoms with Crippen molar-refractivity contribution in [2.45, 2.75) is 32.9 Å². The van der Waals surface area contributed by atoms with Gasteiger partial charge in [-0.1, -0.05) is 35.9 Å². The summed E-state index contributed by atoms with van der Waals surface area (Å²) in [6, 6.07) is 8.04. The summed E-state index contributed by atoms with van der Waals surface area (Å²) in [4.78, 5) is 26.9. The lowest BCUT2D eigenvalue weighted by Gasteiger charge is -2.32. The molecule has 0 bridgehead atoms. The topological polar surface area (TPSA) is 66.8 Å². The Kier molecular flexibility index (Phi) is 5.99. The van der Waals surface area contributed by atoms with Gasteiger partial charge in [0, 0.05) is 28.6 Å². The third-order valence-electron chi connectivity index (χ3n) is 4.62. The normalized spacial score (nSPS) is 15.9. The highest BCUT2D eigenvalue weighted by Gasteiger charge is 2.32. The zero-order chi connectivity index (χ0) is 19.6. The molecule has 1 aliphatic rings. The number of fused-ring (bicyclic) bond motifs is 1. The van der Waals surface area contributed by atoms with Crippen molar-refractivity contribution in [1.82, 2.24) is 4.90 Å². The van der Waals surface area contributed by atoms with Crippen molar-refractivity contribution < 1.29 is 19.4 Å². The number of aliphatic carboxylic acids is 1. The molecule has 2 aromatic rings. The second kappa shape index (κ2) is 8.25. The molecule has 3 rings (SSSR count). The number of thiophene rings is 1. The van der Waals surface area contributed by atoms with Crippen LogP contribution >= 0.6 is 22.9 Å². The van der Waals surface area contributed by atoms with E-state index < -0.39 is 12.0 Å². The first-order chi connectivity index (χ1) is 12.9. The monoisotopic (exact) mass is 405 g/mol. The van der Waals surface area contributed by atoms with Gasteiger partial charge in [0.05, 0.1) is 0 Å². The lowest BCUT2D eigenvalue weighted by Crippen LogP contribution is -2.37. The molecule has 1 aliphatic heterocycles. The number of benzene rings is 1. The Labute approximate surface area is 166 Å². The van der Waals surface area contributed by atoms with E-state index in [1.54, 1.807) is 44.2 Å². The summed E-state index contributed by atoms with van der Waals surface area (Å²) in [5, 5.41) is 10.8. The molecule has 0 radical (unpaired) electrons. The molecule has 0 amide bonds. The van der Waals surface area contributed by atoms with Crippen molar-refractivity contribution >= 4 is 34.9 Å². The van der Waals surface area contributed by atoms with Crippen molar-refractivity contribution in [1.29, 1.82) is 0 Å². The van der Waals surface area contributed by atoms with Gasteiger partial charge in [0.2, 0.25) is 0 Å². The summed E-state index contributed by atoms with van der Waals surface area (Å²) >= 11 is 7.68. The smallest absolute Gasteiger partial charge is 0.339 e. The van der Waals surface area contributed by atoms with Crippen molar-refractivity contribution in [3.8, 4) is 5.06 Å². The molecule has 0 saturated heterocycles. The van der Waals surface area contributed by atoms with E-state index >= 15 is 0 Å². The predicted octanol–water partition coefficient (Wildman–Crippen LogP) is 4.46. The van der Waals surface area contributed by atoms with Gasteiger partial charge in [-0.15, -0.1) is 11.3 Å². The second-order valence-corrected chi connectivity index (χ2v) is 7.86. The van der Waals surface area contributed by atoms with Gasteiger partial charge in [-0.05, 0) is 43.5 Å². The number of carboxylic acids is 1. The number of allylic oxidation sites excluding steroid dienone is 1. The molecule has 2 heterocycles. The zero-order valence-corrected chi connectivity index (χ0v) is 16.6. The third-order valence-corrected chi connectivity index (χ3v) is 6.08. The quantitative estimate of drug-likeness (QED) is 0.587. The largest absolute Gasteiger partial charge is 0.480 e. The van der Waals surface area contributed by atoms with Crippen molar-refractivity contribution in [3.63, 3.8) is 0 Å². The Hall–Kier alpha value is -2.15. The van der Waals surface area contributed by atoms with Gasteiger partial charge >= 0.3 is 11.9 Å². The molecule has 1 atom stereocenters. The Bertz CT molecular complexity index is 905. The van der Waals surface area contributed by atoms with Crippen LogP contribution < -0.4 is 4.74 Å². The summed E-state index contributed by atoms with van der Waals surface area (Å²) in [6.07, 6.45) is 2.41. The molecule has 0 aliphatic carbocycles. The van der Waals surface area contributed by atoms with Crippen LogP contribution in [0.1, 0.15) is 35.9 Å². The van der Waals surface area contributed by atoms with E-state index in [1.807, 2.05) is 11.0 Å². The first-order valence-corrected chi connectivity index (χ1v) is 9.78. The summed E-state index contributed by atoms with van der Waals surface area (Å²) < 4.78 is 5.42. The number of hydrogen-bond acceptors (Lipinski definition) is 5. The van der Waals surface area contributed by atoms with Crippen LogP contribution in [-0.2, 0) is 22.6 Å². The number of carbonyl (C=O) groups excluding carboxylic acids is 1. The number of carbonyl (C=O) groups is 2. The molecule has 0 fully saturated rings. The van der Waals surface area contributed by atoms with Gasteiger partial charge in [-0.2, -0.15) is 0 Å². The number of carboxylic acid groups (broad SMARTS) is 1. The molecule has 27 heavy (non-hydrogen) atoms. The van der Waals surface area contributed by atoms with Crippen LogP contribution in [-0.4, -0.2) is 28.5 Å². The fourth-order valence-corrected chi connectivity index (χ4v) is 4.32. The second-order valence-electron chi connectivity index (χ2n) is 6.36. The third kappa shape index (κ3) is 4.24. The SMILES string of the molecule is C/C=C(/C)C(=O)Oc1cc2c(s1)CCN(C(C(=O)O)c1ccccc1Cl)C2. The minimum atomic E-state index is -0.933. The van der Waals surface area contributed by atoms with E-state index in [-0.39, 0.29) is 5.97 Å². The maximum absolute atomic E-state index is 12.0. The molecular weight excluding hydrogens is 386 g/mol. The van der Waals surface area contributed by atoms with Crippen LogP contribution in [0.2, 0.25) is 5.02 Å². The lowest BCUT2D eigenvalue weighted by atomic mass is 10.0. The molecule has 1 unspecified atom stereocenters. The van der Waals surface area contributed by atoms with Gasteiger partial charge in [0.25, 0.3) is 0 Å². The number of halogens is 1. The molecule has 142 valence electrons. The first-order valence-electron chi connectivity index (χ1n) is 8.58. The van der Waals surface area contributed by atoms with Gasteiger partial charge in [-0.25, -0.2) is 4.79 Å². The number of rotatable bonds is 5. The molecule has 0 saturated carbocycles. The number of hydrogen-bond donors (Lipinski definition) is 1. The van der Waals surface area contributed by atoms with E-state index in [0.717, 1.165) is 10.4 Å². The summed E-state index contributed by atoms with van der Waals surface area (Å²) in [7, 11) is 0. The van der Waals surface area contributed by atoms with Crippen LogP contribution in [0.5, 0.6) is 5.06 Å². The van der Waals surface area contributed by atoms with Crippen molar-refractivity contribution in [2.24, 2.45) is 0 Å². The molecule has 1 aromatic heterocycles. The molecule has 1 N–H and O–H groups in total. The van der Waals surface area contributed by atoms with E-state index in [9.17, 15) is 14.7 Å².